The fourth-order valence-electron chi connectivity index (χ4n) is 3.74. The van der Waals surface area contributed by atoms with Crippen LogP contribution >= 0.6 is 35.7 Å². The van der Waals surface area contributed by atoms with Crippen molar-refractivity contribution in [3.8, 4) is 0 Å². The van der Waals surface area contributed by atoms with Gasteiger partial charge in [0.05, 0.1) is 19.3 Å². The van der Waals surface area contributed by atoms with E-state index < -0.39 is 0 Å². The van der Waals surface area contributed by atoms with E-state index in [1.807, 2.05) is 30.8 Å². The quantitative estimate of drug-likeness (QED) is 0.354. The lowest BCUT2D eigenvalue weighted by Crippen LogP contribution is -2.60. The van der Waals surface area contributed by atoms with E-state index in [9.17, 15) is 4.39 Å². The van der Waals surface area contributed by atoms with E-state index in [4.69, 9.17) is 4.74 Å². The second kappa shape index (κ2) is 11.0. The summed E-state index contributed by atoms with van der Waals surface area (Å²) in [5.74, 6) is 2.92. The normalized spacial score (nSPS) is 24.5. The molecule has 2 atom stereocenters. The molecule has 2 saturated heterocycles. The molecule has 0 radical (unpaired) electrons. The number of morpholine rings is 1. The summed E-state index contributed by atoms with van der Waals surface area (Å²) in [4.78, 5) is 6.96. The molecule has 2 fully saturated rings. The maximum atomic E-state index is 13.9. The van der Waals surface area contributed by atoms with Crippen LogP contribution in [-0.2, 0) is 4.74 Å². The molecule has 5 nitrogen and oxygen atoms in total. The highest BCUT2D eigenvalue weighted by molar-refractivity contribution is 14.0. The van der Waals surface area contributed by atoms with E-state index in [0.717, 1.165) is 50.1 Å². The van der Waals surface area contributed by atoms with Gasteiger partial charge in [0.15, 0.2) is 5.96 Å². The molecule has 1 aromatic carbocycles. The van der Waals surface area contributed by atoms with Crippen LogP contribution in [0.1, 0.15) is 30.5 Å². The van der Waals surface area contributed by atoms with E-state index in [0.29, 0.717) is 5.56 Å². The van der Waals surface area contributed by atoms with Crippen molar-refractivity contribution in [2.45, 2.75) is 31.8 Å². The fraction of sp³-hybridized carbons (Fsp3) is 0.650. The number of guanidine groups is 1. The molecule has 0 amide bonds. The number of thioether (sulfide) groups is 1. The number of nitrogens with zero attached hydrogens (tertiary/aromatic N) is 2. The Morgan fingerprint density at radius 1 is 1.39 bits per heavy atom. The van der Waals surface area contributed by atoms with Crippen LogP contribution in [0.3, 0.4) is 0 Å². The number of halogens is 2. The summed E-state index contributed by atoms with van der Waals surface area (Å²) in [6.07, 6.45) is 1.18. The lowest BCUT2D eigenvalue weighted by molar-refractivity contribution is -0.0120. The third kappa shape index (κ3) is 5.73. The number of aryl methyl sites for hydroxylation is 1. The maximum Gasteiger partial charge on any atom is 0.191 e. The van der Waals surface area contributed by atoms with Gasteiger partial charge in [0, 0.05) is 38.0 Å². The molecular weight excluding hydrogens is 490 g/mol. The number of aliphatic imine (C=N–C) groups is 1. The van der Waals surface area contributed by atoms with Crippen molar-refractivity contribution in [1.82, 2.24) is 15.5 Å². The summed E-state index contributed by atoms with van der Waals surface area (Å²) >= 11 is 2.02. The minimum atomic E-state index is -0.168. The molecule has 1 aromatic rings. The number of benzene rings is 1. The van der Waals surface area contributed by atoms with Crippen molar-refractivity contribution in [2.24, 2.45) is 4.99 Å². The van der Waals surface area contributed by atoms with Gasteiger partial charge in [-0.3, -0.25) is 9.89 Å². The molecule has 28 heavy (non-hydrogen) atoms. The van der Waals surface area contributed by atoms with Crippen LogP contribution in [0, 0.1) is 12.7 Å². The molecule has 0 bridgehead atoms. The summed E-state index contributed by atoms with van der Waals surface area (Å²) in [6.45, 7) is 8.28. The van der Waals surface area contributed by atoms with Gasteiger partial charge in [-0.05, 0) is 43.2 Å². The molecule has 0 saturated carbocycles. The third-order valence-electron chi connectivity index (χ3n) is 5.62. The second-order valence-electron chi connectivity index (χ2n) is 7.43. The van der Waals surface area contributed by atoms with E-state index in [-0.39, 0.29) is 41.4 Å². The molecule has 2 unspecified atom stereocenters. The molecule has 3 rings (SSSR count). The fourth-order valence-corrected chi connectivity index (χ4v) is 5.22. The van der Waals surface area contributed by atoms with Crippen molar-refractivity contribution in [3.63, 3.8) is 0 Å². The summed E-state index contributed by atoms with van der Waals surface area (Å²) in [5.41, 5.74) is 1.74. The maximum absolute atomic E-state index is 13.9. The molecule has 0 spiro atoms. The predicted molar refractivity (Wildman–Crippen MR) is 127 cm³/mol. The molecule has 0 aromatic heterocycles. The van der Waals surface area contributed by atoms with Gasteiger partial charge < -0.3 is 15.4 Å². The van der Waals surface area contributed by atoms with Crippen molar-refractivity contribution in [2.75, 3.05) is 51.4 Å². The Balaban J connectivity index is 0.00000280. The van der Waals surface area contributed by atoms with Crippen LogP contribution in [0.4, 0.5) is 4.39 Å². The zero-order valence-corrected chi connectivity index (χ0v) is 20.1. The minimum absolute atomic E-state index is 0. The van der Waals surface area contributed by atoms with E-state index in [2.05, 4.69) is 20.5 Å². The van der Waals surface area contributed by atoms with E-state index >= 15 is 0 Å². The van der Waals surface area contributed by atoms with Crippen LogP contribution in [-0.4, -0.2) is 67.8 Å². The van der Waals surface area contributed by atoms with Gasteiger partial charge in [-0.2, -0.15) is 11.8 Å². The van der Waals surface area contributed by atoms with Crippen LogP contribution in [0.15, 0.2) is 23.2 Å². The highest BCUT2D eigenvalue weighted by atomic mass is 127. The largest absolute Gasteiger partial charge is 0.379 e. The topological polar surface area (TPSA) is 48.9 Å². The van der Waals surface area contributed by atoms with Crippen molar-refractivity contribution >= 4 is 41.7 Å². The Kier molecular flexibility index (Phi) is 9.30. The lowest BCUT2D eigenvalue weighted by Gasteiger charge is -2.43. The molecule has 158 valence electrons. The highest BCUT2D eigenvalue weighted by Gasteiger charge is 2.40. The second-order valence-corrected chi connectivity index (χ2v) is 8.53. The standard InChI is InChI=1S/C20H31FN4OS.HI/c1-15-4-5-17(12-18(15)21)16(2)24-19(22-3)23-13-20(6-11-27-14-20)25-7-9-26-10-8-25;/h4-5,12,16H,6-11,13-14H2,1-3H3,(H2,22,23,24);1H. The van der Waals surface area contributed by atoms with Gasteiger partial charge in [-0.15, -0.1) is 24.0 Å². The van der Waals surface area contributed by atoms with Gasteiger partial charge in [0.2, 0.25) is 0 Å². The average molecular weight is 522 g/mol. The Morgan fingerprint density at radius 3 is 2.75 bits per heavy atom. The number of hydrogen-bond acceptors (Lipinski definition) is 4. The first-order valence-electron chi connectivity index (χ1n) is 9.68. The summed E-state index contributed by atoms with van der Waals surface area (Å²) in [5, 5.41) is 6.92. The first-order chi connectivity index (χ1) is 13.0. The molecule has 0 aliphatic carbocycles. The summed E-state index contributed by atoms with van der Waals surface area (Å²) in [6, 6.07) is 5.36. The van der Waals surface area contributed by atoms with Crippen molar-refractivity contribution in [1.29, 1.82) is 0 Å². The van der Waals surface area contributed by atoms with Gasteiger partial charge in [0.1, 0.15) is 5.82 Å². The molecule has 2 aliphatic heterocycles. The molecular formula is C20H32FIN4OS. The lowest BCUT2D eigenvalue weighted by atomic mass is 9.95. The van der Waals surface area contributed by atoms with Gasteiger partial charge in [0.25, 0.3) is 0 Å². The number of rotatable bonds is 5. The Labute approximate surface area is 189 Å². The Morgan fingerprint density at radius 2 is 2.14 bits per heavy atom. The first kappa shape index (κ1) is 23.7. The Bertz CT molecular complexity index is 664. The molecule has 2 N–H and O–H groups in total. The van der Waals surface area contributed by atoms with Gasteiger partial charge in [-0.1, -0.05) is 12.1 Å². The minimum Gasteiger partial charge on any atom is -0.379 e. The summed E-state index contributed by atoms with van der Waals surface area (Å²) < 4.78 is 19.4. The van der Waals surface area contributed by atoms with E-state index in [1.54, 1.807) is 20.0 Å². The van der Waals surface area contributed by atoms with Gasteiger partial charge >= 0.3 is 0 Å². The van der Waals surface area contributed by atoms with Gasteiger partial charge in [-0.25, -0.2) is 4.39 Å². The third-order valence-corrected chi connectivity index (χ3v) is 6.86. The first-order valence-corrected chi connectivity index (χ1v) is 10.8. The summed E-state index contributed by atoms with van der Waals surface area (Å²) in [7, 11) is 1.78. The zero-order chi connectivity index (χ0) is 19.3. The highest BCUT2D eigenvalue weighted by Crippen LogP contribution is 2.33. The monoisotopic (exact) mass is 522 g/mol. The van der Waals surface area contributed by atoms with Crippen LogP contribution in [0.5, 0.6) is 0 Å². The number of nitrogens with one attached hydrogen (secondary N) is 2. The molecule has 2 aliphatic rings. The number of hydrogen-bond donors (Lipinski definition) is 2. The SMILES string of the molecule is CN=C(NCC1(N2CCOCC2)CCSC1)NC(C)c1ccc(C)c(F)c1.I. The zero-order valence-electron chi connectivity index (χ0n) is 17.0. The van der Waals surface area contributed by atoms with Crippen LogP contribution in [0.2, 0.25) is 0 Å². The number of ether oxygens (including phenoxy) is 1. The average Bonchev–Trinajstić information content (AvgIpc) is 3.18. The van der Waals surface area contributed by atoms with E-state index in [1.165, 1.54) is 12.2 Å². The Hall–Kier alpha value is -0.580. The molecule has 8 heteroatoms. The smallest absolute Gasteiger partial charge is 0.191 e. The van der Waals surface area contributed by atoms with Crippen molar-refractivity contribution in [3.05, 3.63) is 35.1 Å². The predicted octanol–water partition coefficient (Wildman–Crippen LogP) is 3.19. The molecule has 2 heterocycles. The van der Waals surface area contributed by atoms with Crippen LogP contribution < -0.4 is 10.6 Å². The van der Waals surface area contributed by atoms with Crippen molar-refractivity contribution < 1.29 is 9.13 Å². The van der Waals surface area contributed by atoms with Crippen LogP contribution in [0.25, 0.3) is 0 Å².